The molecule has 0 aliphatic heterocycles. The van der Waals surface area contributed by atoms with Crippen LogP contribution in [0.3, 0.4) is 0 Å². The molecule has 0 aromatic carbocycles. The maximum absolute atomic E-state index is 10.3. The number of carbonyl (C=O) groups is 1. The molecule has 0 fully saturated rings. The molecule has 0 aliphatic rings. The van der Waals surface area contributed by atoms with Gasteiger partial charge in [0.25, 0.3) is 0 Å². The topological polar surface area (TPSA) is 42.9 Å². The van der Waals surface area contributed by atoms with Crippen LogP contribution < -0.4 is 0 Å². The Morgan fingerprint density at radius 3 is 2.00 bits per heavy atom. The predicted octanol–water partition coefficient (Wildman–Crippen LogP) is 4.66. The van der Waals surface area contributed by atoms with Gasteiger partial charge in [-0.1, -0.05) is 23.2 Å². The Bertz CT molecular complexity index is 591. The molecule has 2 aromatic heterocycles. The van der Waals surface area contributed by atoms with E-state index in [1.807, 2.05) is 19.9 Å². The van der Waals surface area contributed by atoms with Crippen LogP contribution in [0.15, 0.2) is 29.0 Å². The van der Waals surface area contributed by atoms with E-state index in [1.165, 1.54) is 0 Å². The minimum atomic E-state index is 0.264. The summed E-state index contributed by atoms with van der Waals surface area (Å²) < 4.78 is 0.851. The summed E-state index contributed by atoms with van der Waals surface area (Å²) in [5.74, 6) is 0. The predicted molar refractivity (Wildman–Crippen MR) is 81.1 cm³/mol. The molecule has 2 heterocycles. The summed E-state index contributed by atoms with van der Waals surface area (Å²) in [6, 6.07) is 3.62. The van der Waals surface area contributed by atoms with Gasteiger partial charge in [0.15, 0.2) is 6.29 Å². The first-order valence-electron chi connectivity index (χ1n) is 5.29. The lowest BCUT2D eigenvalue weighted by molar-refractivity contribution is 0.112. The number of hydrogen-bond acceptors (Lipinski definition) is 3. The van der Waals surface area contributed by atoms with E-state index in [2.05, 4.69) is 25.9 Å². The van der Waals surface area contributed by atoms with Crippen LogP contribution in [-0.2, 0) is 0 Å². The first kappa shape index (κ1) is 16.1. The van der Waals surface area contributed by atoms with Gasteiger partial charge in [0.1, 0.15) is 10.3 Å². The Morgan fingerprint density at radius 2 is 1.58 bits per heavy atom. The van der Waals surface area contributed by atoms with Crippen molar-refractivity contribution in [3.8, 4) is 0 Å². The van der Waals surface area contributed by atoms with Gasteiger partial charge in [-0.05, 0) is 53.0 Å². The number of carbonyl (C=O) groups excluding carboxylic acids is 1. The van der Waals surface area contributed by atoms with Crippen molar-refractivity contribution in [1.29, 1.82) is 0 Å². The molecule has 0 unspecified atom stereocenters. The van der Waals surface area contributed by atoms with Gasteiger partial charge in [0.2, 0.25) is 0 Å². The second-order valence-electron chi connectivity index (χ2n) is 3.80. The fourth-order valence-corrected chi connectivity index (χ4v) is 1.89. The summed E-state index contributed by atoms with van der Waals surface area (Å²) in [6.07, 6.45) is 4.05. The third kappa shape index (κ3) is 5.27. The number of hydrogen-bond donors (Lipinski definition) is 0. The molecular weight excluding hydrogens is 351 g/mol. The van der Waals surface area contributed by atoms with E-state index in [0.717, 1.165) is 15.6 Å². The molecule has 0 saturated heterocycles. The number of halogens is 3. The third-order valence-electron chi connectivity index (χ3n) is 2.06. The van der Waals surface area contributed by atoms with Crippen molar-refractivity contribution in [3.63, 3.8) is 0 Å². The first-order chi connectivity index (χ1) is 8.93. The van der Waals surface area contributed by atoms with Gasteiger partial charge in [0, 0.05) is 12.4 Å². The summed E-state index contributed by atoms with van der Waals surface area (Å²) >= 11 is 14.4. The van der Waals surface area contributed by atoms with Crippen LogP contribution in [0.5, 0.6) is 0 Å². The van der Waals surface area contributed by atoms with Crippen molar-refractivity contribution >= 4 is 45.4 Å². The lowest BCUT2D eigenvalue weighted by Crippen LogP contribution is -1.86. The van der Waals surface area contributed by atoms with Crippen LogP contribution in [0.4, 0.5) is 0 Å². The van der Waals surface area contributed by atoms with Crippen molar-refractivity contribution in [2.24, 2.45) is 0 Å². The Labute approximate surface area is 130 Å². The van der Waals surface area contributed by atoms with Crippen molar-refractivity contribution in [1.82, 2.24) is 9.97 Å². The first-order valence-corrected chi connectivity index (χ1v) is 6.84. The summed E-state index contributed by atoms with van der Waals surface area (Å²) in [5.41, 5.74) is 2.49. The molecule has 19 heavy (non-hydrogen) atoms. The highest BCUT2D eigenvalue weighted by atomic mass is 79.9. The number of nitrogens with zero attached hydrogens (tertiary/aromatic N) is 2. The summed E-state index contributed by atoms with van der Waals surface area (Å²) in [7, 11) is 0. The molecule has 2 aromatic rings. The van der Waals surface area contributed by atoms with Gasteiger partial charge in [-0.25, -0.2) is 9.97 Å². The maximum Gasteiger partial charge on any atom is 0.153 e. The number of aryl methyl sites for hydroxylation is 2. The van der Waals surface area contributed by atoms with Crippen molar-refractivity contribution in [2.45, 2.75) is 13.8 Å². The average molecular weight is 362 g/mol. The van der Waals surface area contributed by atoms with Crippen molar-refractivity contribution < 1.29 is 4.79 Å². The molecule has 0 saturated carbocycles. The summed E-state index contributed by atoms with van der Waals surface area (Å²) in [6.45, 7) is 3.82. The van der Waals surface area contributed by atoms with E-state index in [0.29, 0.717) is 17.0 Å². The minimum Gasteiger partial charge on any atom is -0.298 e. The second-order valence-corrected chi connectivity index (χ2v) is 5.37. The molecule has 0 spiro atoms. The van der Waals surface area contributed by atoms with Gasteiger partial charge in [-0.3, -0.25) is 4.79 Å². The Hall–Kier alpha value is -0.970. The monoisotopic (exact) mass is 360 g/mol. The maximum atomic E-state index is 10.3. The number of rotatable bonds is 1. The minimum absolute atomic E-state index is 0.264. The van der Waals surface area contributed by atoms with Crippen LogP contribution in [0.25, 0.3) is 0 Å². The summed E-state index contributed by atoms with van der Waals surface area (Å²) in [4.78, 5) is 17.9. The van der Waals surface area contributed by atoms with Crippen LogP contribution in [0.1, 0.15) is 21.5 Å². The Morgan fingerprint density at radius 1 is 1.05 bits per heavy atom. The van der Waals surface area contributed by atoms with Gasteiger partial charge < -0.3 is 0 Å². The zero-order valence-corrected chi connectivity index (χ0v) is 13.4. The lowest BCUT2D eigenvalue weighted by Gasteiger charge is -1.94. The quantitative estimate of drug-likeness (QED) is 0.547. The molecular formula is C13H11BrCl2N2O. The highest BCUT2D eigenvalue weighted by Gasteiger charge is 1.98. The van der Waals surface area contributed by atoms with E-state index >= 15 is 0 Å². The van der Waals surface area contributed by atoms with Crippen LogP contribution in [0, 0.1) is 13.8 Å². The molecule has 0 amide bonds. The highest BCUT2D eigenvalue weighted by molar-refractivity contribution is 9.10. The number of pyridine rings is 2. The SMILES string of the molecule is Cc1cnc(Cl)c(Br)c1.Cc1cnc(Cl)c(C=O)c1. The number of aldehydes is 1. The van der Waals surface area contributed by atoms with Crippen LogP contribution in [0.2, 0.25) is 10.3 Å². The van der Waals surface area contributed by atoms with Gasteiger partial charge in [-0.15, -0.1) is 0 Å². The Kier molecular flexibility index (Phi) is 6.42. The molecule has 3 nitrogen and oxygen atoms in total. The summed E-state index contributed by atoms with van der Waals surface area (Å²) in [5, 5.41) is 0.779. The molecule has 2 rings (SSSR count). The Balaban J connectivity index is 0.000000191. The lowest BCUT2D eigenvalue weighted by atomic mass is 10.2. The van der Waals surface area contributed by atoms with Gasteiger partial charge >= 0.3 is 0 Å². The standard InChI is InChI=1S/C7H6ClNO.C6H5BrClN/c1-5-2-6(4-10)7(8)9-3-5;1-4-2-5(7)6(8)9-3-4/h2-4H,1H3;2-3H,1H3. The van der Waals surface area contributed by atoms with E-state index in [-0.39, 0.29) is 5.15 Å². The van der Waals surface area contributed by atoms with Crippen LogP contribution in [-0.4, -0.2) is 16.3 Å². The zero-order chi connectivity index (χ0) is 14.4. The van der Waals surface area contributed by atoms with Gasteiger partial charge in [0.05, 0.1) is 10.0 Å². The largest absolute Gasteiger partial charge is 0.298 e. The smallest absolute Gasteiger partial charge is 0.153 e. The molecule has 0 aliphatic carbocycles. The van der Waals surface area contributed by atoms with E-state index in [1.54, 1.807) is 18.5 Å². The average Bonchev–Trinajstić information content (AvgIpc) is 2.38. The molecule has 0 N–H and O–H groups in total. The highest BCUT2D eigenvalue weighted by Crippen LogP contribution is 2.19. The van der Waals surface area contributed by atoms with Crippen molar-refractivity contribution in [2.75, 3.05) is 0 Å². The molecule has 6 heteroatoms. The second kappa shape index (κ2) is 7.58. The molecule has 100 valence electrons. The van der Waals surface area contributed by atoms with E-state index in [9.17, 15) is 4.79 Å². The van der Waals surface area contributed by atoms with Crippen LogP contribution >= 0.6 is 39.1 Å². The molecule has 0 atom stereocenters. The van der Waals surface area contributed by atoms with E-state index in [4.69, 9.17) is 23.2 Å². The normalized spacial score (nSPS) is 9.53. The third-order valence-corrected chi connectivity index (χ3v) is 3.51. The number of aromatic nitrogens is 2. The zero-order valence-electron chi connectivity index (χ0n) is 10.3. The fourth-order valence-electron chi connectivity index (χ4n) is 1.17. The molecule has 0 radical (unpaired) electrons. The molecule has 0 bridgehead atoms. The van der Waals surface area contributed by atoms with Gasteiger partial charge in [-0.2, -0.15) is 0 Å². The fraction of sp³-hybridized carbons (Fsp3) is 0.154. The van der Waals surface area contributed by atoms with Crippen molar-refractivity contribution in [3.05, 3.63) is 56.0 Å². The van der Waals surface area contributed by atoms with E-state index < -0.39 is 0 Å².